The zero-order chi connectivity index (χ0) is 12.8. The van der Waals surface area contributed by atoms with E-state index in [1.165, 1.54) is 6.42 Å². The molecular weight excluding hydrogens is 228 g/mol. The number of amides is 2. The first-order valence-electron chi connectivity index (χ1n) is 7.23. The number of hydrogen-bond acceptors (Lipinski definition) is 2. The first kappa shape index (κ1) is 12.0. The number of piperazine rings is 1. The number of carbonyl (C=O) groups is 2. The highest BCUT2D eigenvalue weighted by Gasteiger charge is 2.50. The standard InChI is InChI=1S/C14H22N2O2/c1-10-7-11(8-10)16-9-12(17)15-14(13(16)18)5-3-2-4-6-14/h10-11H,2-9H2,1H3,(H,15,17). The van der Waals surface area contributed by atoms with Crippen molar-refractivity contribution < 1.29 is 9.59 Å². The summed E-state index contributed by atoms with van der Waals surface area (Å²) < 4.78 is 0. The summed E-state index contributed by atoms with van der Waals surface area (Å²) >= 11 is 0. The second kappa shape index (κ2) is 4.25. The lowest BCUT2D eigenvalue weighted by molar-refractivity contribution is -0.156. The zero-order valence-corrected chi connectivity index (χ0v) is 11.1. The predicted octanol–water partition coefficient (Wildman–Crippen LogP) is 1.45. The second-order valence-corrected chi connectivity index (χ2v) is 6.35. The van der Waals surface area contributed by atoms with E-state index in [9.17, 15) is 9.59 Å². The monoisotopic (exact) mass is 250 g/mol. The summed E-state index contributed by atoms with van der Waals surface area (Å²) in [5.41, 5.74) is -0.549. The van der Waals surface area contributed by atoms with Crippen LogP contribution in [0.1, 0.15) is 51.9 Å². The van der Waals surface area contributed by atoms with Gasteiger partial charge >= 0.3 is 0 Å². The van der Waals surface area contributed by atoms with E-state index < -0.39 is 5.54 Å². The lowest BCUT2D eigenvalue weighted by Crippen LogP contribution is -2.69. The Labute approximate surface area is 108 Å². The minimum absolute atomic E-state index is 0.0380. The Bertz CT molecular complexity index is 368. The summed E-state index contributed by atoms with van der Waals surface area (Å²) in [5.74, 6) is 0.935. The maximum absolute atomic E-state index is 12.7. The molecule has 0 aromatic heterocycles. The quantitative estimate of drug-likeness (QED) is 0.765. The lowest BCUT2D eigenvalue weighted by Gasteiger charge is -2.50. The van der Waals surface area contributed by atoms with Crippen LogP contribution < -0.4 is 5.32 Å². The van der Waals surface area contributed by atoms with Gasteiger partial charge in [0.05, 0.1) is 6.54 Å². The first-order valence-corrected chi connectivity index (χ1v) is 7.23. The maximum Gasteiger partial charge on any atom is 0.249 e. The molecule has 18 heavy (non-hydrogen) atoms. The number of carbonyl (C=O) groups excluding carboxylic acids is 2. The Kier molecular flexibility index (Phi) is 2.83. The SMILES string of the molecule is CC1CC(N2CC(=O)NC3(CCCCC3)C2=O)C1. The van der Waals surface area contributed by atoms with E-state index in [0.29, 0.717) is 12.0 Å². The molecule has 1 heterocycles. The van der Waals surface area contributed by atoms with Gasteiger partial charge in [-0.2, -0.15) is 0 Å². The van der Waals surface area contributed by atoms with Crippen LogP contribution >= 0.6 is 0 Å². The average Bonchev–Trinajstić information content (AvgIpc) is 2.31. The summed E-state index contributed by atoms with van der Waals surface area (Å²) in [4.78, 5) is 26.5. The molecule has 2 saturated carbocycles. The molecule has 1 saturated heterocycles. The molecule has 2 aliphatic carbocycles. The maximum atomic E-state index is 12.7. The van der Waals surface area contributed by atoms with Gasteiger partial charge in [0.15, 0.2) is 0 Å². The van der Waals surface area contributed by atoms with Crippen molar-refractivity contribution in [2.75, 3.05) is 6.54 Å². The summed E-state index contributed by atoms with van der Waals surface area (Å²) in [6, 6.07) is 0.317. The molecule has 0 bridgehead atoms. The van der Waals surface area contributed by atoms with Gasteiger partial charge in [-0.05, 0) is 31.6 Å². The largest absolute Gasteiger partial charge is 0.340 e. The number of hydrogen-bond donors (Lipinski definition) is 1. The Morgan fingerprint density at radius 1 is 1.17 bits per heavy atom. The van der Waals surface area contributed by atoms with E-state index in [-0.39, 0.29) is 18.4 Å². The Morgan fingerprint density at radius 2 is 1.83 bits per heavy atom. The van der Waals surface area contributed by atoms with Crippen molar-refractivity contribution in [1.29, 1.82) is 0 Å². The predicted molar refractivity (Wildman–Crippen MR) is 67.9 cm³/mol. The van der Waals surface area contributed by atoms with Gasteiger partial charge in [-0.1, -0.05) is 26.2 Å². The topological polar surface area (TPSA) is 49.4 Å². The van der Waals surface area contributed by atoms with E-state index >= 15 is 0 Å². The Morgan fingerprint density at radius 3 is 2.44 bits per heavy atom. The average molecular weight is 250 g/mol. The molecule has 0 unspecified atom stereocenters. The van der Waals surface area contributed by atoms with Gasteiger partial charge in [-0.25, -0.2) is 0 Å². The molecule has 100 valence electrons. The lowest BCUT2D eigenvalue weighted by atomic mass is 9.76. The van der Waals surface area contributed by atoms with Crippen LogP contribution in [0, 0.1) is 5.92 Å². The van der Waals surface area contributed by atoms with Crippen LogP contribution in [0.15, 0.2) is 0 Å². The number of nitrogens with one attached hydrogen (secondary N) is 1. The van der Waals surface area contributed by atoms with Crippen LogP contribution in [0.4, 0.5) is 0 Å². The molecule has 4 nitrogen and oxygen atoms in total. The molecule has 0 atom stereocenters. The molecule has 0 aromatic carbocycles. The molecule has 1 spiro atoms. The van der Waals surface area contributed by atoms with Crippen LogP contribution in [-0.4, -0.2) is 34.8 Å². The van der Waals surface area contributed by atoms with Crippen LogP contribution in [-0.2, 0) is 9.59 Å². The number of rotatable bonds is 1. The Hall–Kier alpha value is -1.06. The molecule has 3 fully saturated rings. The van der Waals surface area contributed by atoms with Gasteiger partial charge in [-0.15, -0.1) is 0 Å². The van der Waals surface area contributed by atoms with Crippen LogP contribution in [0.5, 0.6) is 0 Å². The van der Waals surface area contributed by atoms with Gasteiger partial charge < -0.3 is 10.2 Å². The fourth-order valence-electron chi connectivity index (χ4n) is 3.76. The van der Waals surface area contributed by atoms with Crippen molar-refractivity contribution in [3.8, 4) is 0 Å². The third kappa shape index (κ3) is 1.82. The van der Waals surface area contributed by atoms with E-state index in [1.807, 2.05) is 4.90 Å². The highest BCUT2D eigenvalue weighted by molar-refractivity contribution is 5.98. The Balaban J connectivity index is 1.79. The molecule has 4 heteroatoms. The summed E-state index contributed by atoms with van der Waals surface area (Å²) in [7, 11) is 0. The van der Waals surface area contributed by atoms with Crippen molar-refractivity contribution >= 4 is 11.8 Å². The summed E-state index contributed by atoms with van der Waals surface area (Å²) in [6.45, 7) is 2.49. The van der Waals surface area contributed by atoms with Crippen molar-refractivity contribution in [1.82, 2.24) is 10.2 Å². The fraction of sp³-hybridized carbons (Fsp3) is 0.857. The van der Waals surface area contributed by atoms with Gasteiger partial charge in [0.25, 0.3) is 0 Å². The normalized spacial score (nSPS) is 35.3. The third-order valence-electron chi connectivity index (χ3n) is 4.86. The highest BCUT2D eigenvalue weighted by Crippen LogP contribution is 2.37. The third-order valence-corrected chi connectivity index (χ3v) is 4.86. The molecule has 3 aliphatic rings. The molecule has 1 N–H and O–H groups in total. The van der Waals surface area contributed by atoms with Gasteiger partial charge in [0.2, 0.25) is 11.8 Å². The van der Waals surface area contributed by atoms with Crippen LogP contribution in [0.3, 0.4) is 0 Å². The van der Waals surface area contributed by atoms with E-state index in [0.717, 1.165) is 38.5 Å². The molecule has 3 rings (SSSR count). The van der Waals surface area contributed by atoms with Crippen molar-refractivity contribution in [2.24, 2.45) is 5.92 Å². The fourth-order valence-corrected chi connectivity index (χ4v) is 3.76. The van der Waals surface area contributed by atoms with Crippen molar-refractivity contribution in [3.63, 3.8) is 0 Å². The van der Waals surface area contributed by atoms with E-state index in [1.54, 1.807) is 0 Å². The van der Waals surface area contributed by atoms with Crippen LogP contribution in [0.25, 0.3) is 0 Å². The van der Waals surface area contributed by atoms with Crippen molar-refractivity contribution in [2.45, 2.75) is 63.5 Å². The molecule has 1 aliphatic heterocycles. The molecule has 0 radical (unpaired) electrons. The van der Waals surface area contributed by atoms with E-state index in [4.69, 9.17) is 0 Å². The minimum Gasteiger partial charge on any atom is -0.340 e. The highest BCUT2D eigenvalue weighted by atomic mass is 16.2. The van der Waals surface area contributed by atoms with Crippen molar-refractivity contribution in [3.05, 3.63) is 0 Å². The minimum atomic E-state index is -0.549. The first-order chi connectivity index (χ1) is 8.61. The molecular formula is C14H22N2O2. The zero-order valence-electron chi connectivity index (χ0n) is 11.1. The van der Waals surface area contributed by atoms with Gasteiger partial charge in [0.1, 0.15) is 5.54 Å². The second-order valence-electron chi connectivity index (χ2n) is 6.35. The number of nitrogens with zero attached hydrogens (tertiary/aromatic N) is 1. The summed E-state index contributed by atoms with van der Waals surface area (Å²) in [6.07, 6.45) is 7.09. The smallest absolute Gasteiger partial charge is 0.249 e. The molecule has 2 amide bonds. The van der Waals surface area contributed by atoms with E-state index in [2.05, 4.69) is 12.2 Å². The van der Waals surface area contributed by atoms with Gasteiger partial charge in [-0.3, -0.25) is 9.59 Å². The van der Waals surface area contributed by atoms with Gasteiger partial charge in [0, 0.05) is 6.04 Å². The van der Waals surface area contributed by atoms with Crippen LogP contribution in [0.2, 0.25) is 0 Å². The summed E-state index contributed by atoms with van der Waals surface area (Å²) in [5, 5.41) is 3.00. The molecule has 0 aromatic rings.